The van der Waals surface area contributed by atoms with Crippen molar-refractivity contribution in [1.29, 1.82) is 0 Å². The zero-order valence-corrected chi connectivity index (χ0v) is 17.7. The van der Waals surface area contributed by atoms with Gasteiger partial charge < -0.3 is 5.32 Å². The van der Waals surface area contributed by atoms with Crippen molar-refractivity contribution in [2.24, 2.45) is 0 Å². The van der Waals surface area contributed by atoms with Crippen molar-refractivity contribution in [3.05, 3.63) is 94.8 Å². The van der Waals surface area contributed by atoms with Crippen LogP contribution in [0.25, 0.3) is 23.0 Å². The van der Waals surface area contributed by atoms with Crippen molar-refractivity contribution >= 4 is 23.3 Å². The fourth-order valence-electron chi connectivity index (χ4n) is 3.46. The Morgan fingerprint density at radius 2 is 1.73 bits per heavy atom. The quantitative estimate of drug-likeness (QED) is 0.438. The molecule has 0 aliphatic heterocycles. The second-order valence-electron chi connectivity index (χ2n) is 7.71. The Kier molecular flexibility index (Phi) is 5.23. The number of rotatable bonds is 4. The topological polar surface area (TPSA) is 46.4 Å². The molecule has 4 rings (SSSR count). The van der Waals surface area contributed by atoms with Crippen molar-refractivity contribution < 1.29 is 4.79 Å². The van der Waals surface area contributed by atoms with E-state index in [1.165, 1.54) is 5.56 Å². The lowest BCUT2D eigenvalue weighted by Crippen LogP contribution is -2.09. The van der Waals surface area contributed by atoms with E-state index in [0.717, 1.165) is 45.0 Å². The maximum Gasteiger partial charge on any atom is 0.248 e. The lowest BCUT2D eigenvalue weighted by molar-refractivity contribution is -0.111. The minimum Gasteiger partial charge on any atom is -0.322 e. The monoisotopic (exact) mass is 395 g/mol. The molecule has 0 fully saturated rings. The van der Waals surface area contributed by atoms with Gasteiger partial charge >= 0.3 is 0 Å². The Labute approximate surface area is 176 Å². The fourth-order valence-corrected chi connectivity index (χ4v) is 3.46. The van der Waals surface area contributed by atoms with E-state index >= 15 is 0 Å². The first-order valence-corrected chi connectivity index (χ1v) is 10.0. The summed E-state index contributed by atoms with van der Waals surface area (Å²) in [6, 6.07) is 18.3. The van der Waals surface area contributed by atoms with Crippen LogP contribution in [-0.2, 0) is 4.79 Å². The summed E-state index contributed by atoms with van der Waals surface area (Å²) in [5.74, 6) is -0.166. The van der Waals surface area contributed by atoms with Gasteiger partial charge in [0.1, 0.15) is 5.65 Å². The number of nitrogens with zero attached hydrogens (tertiary/aromatic N) is 2. The average Bonchev–Trinajstić information content (AvgIpc) is 3.08. The van der Waals surface area contributed by atoms with E-state index < -0.39 is 0 Å². The number of carbonyl (C=O) groups excluding carboxylic acids is 1. The number of benzene rings is 2. The van der Waals surface area contributed by atoms with Gasteiger partial charge in [-0.2, -0.15) is 0 Å². The van der Waals surface area contributed by atoms with Crippen LogP contribution in [0.2, 0.25) is 0 Å². The van der Waals surface area contributed by atoms with Crippen molar-refractivity contribution in [2.45, 2.75) is 27.7 Å². The van der Waals surface area contributed by atoms with Crippen molar-refractivity contribution in [3.8, 4) is 11.3 Å². The lowest BCUT2D eigenvalue weighted by atomic mass is 10.1. The highest BCUT2D eigenvalue weighted by Crippen LogP contribution is 2.26. The van der Waals surface area contributed by atoms with Crippen LogP contribution in [0.1, 0.15) is 27.9 Å². The molecule has 1 amide bonds. The number of anilines is 1. The summed E-state index contributed by atoms with van der Waals surface area (Å²) in [7, 11) is 0. The Bertz CT molecular complexity index is 1260. The van der Waals surface area contributed by atoms with Gasteiger partial charge in [-0.05, 0) is 68.7 Å². The van der Waals surface area contributed by atoms with E-state index in [9.17, 15) is 4.79 Å². The smallest absolute Gasteiger partial charge is 0.248 e. The molecule has 0 bridgehead atoms. The lowest BCUT2D eigenvalue weighted by Gasteiger charge is -2.08. The molecule has 150 valence electrons. The third-order valence-corrected chi connectivity index (χ3v) is 5.40. The molecule has 0 saturated carbocycles. The molecule has 0 saturated heterocycles. The first kappa shape index (κ1) is 19.6. The molecule has 2 heterocycles. The van der Waals surface area contributed by atoms with Crippen LogP contribution in [-0.4, -0.2) is 15.3 Å². The average molecular weight is 396 g/mol. The van der Waals surface area contributed by atoms with Gasteiger partial charge in [0.2, 0.25) is 5.91 Å². The molecule has 4 aromatic rings. The maximum absolute atomic E-state index is 12.6. The second kappa shape index (κ2) is 7.99. The molecule has 0 unspecified atom stereocenters. The fraction of sp³-hybridized carbons (Fsp3) is 0.154. The number of aryl methyl sites for hydroxylation is 3. The molecule has 0 spiro atoms. The van der Waals surface area contributed by atoms with Gasteiger partial charge in [0.25, 0.3) is 0 Å². The van der Waals surface area contributed by atoms with Crippen LogP contribution < -0.4 is 5.32 Å². The Balaban J connectivity index is 1.72. The Hall–Kier alpha value is -3.66. The number of carbonyl (C=O) groups is 1. The maximum atomic E-state index is 12.6. The highest BCUT2D eigenvalue weighted by molar-refractivity contribution is 6.02. The number of hydrogen-bond acceptors (Lipinski definition) is 2. The number of fused-ring (bicyclic) bond motifs is 1. The second-order valence-corrected chi connectivity index (χ2v) is 7.71. The van der Waals surface area contributed by atoms with Gasteiger partial charge in [0.15, 0.2) is 0 Å². The van der Waals surface area contributed by atoms with Gasteiger partial charge in [-0.15, -0.1) is 0 Å². The van der Waals surface area contributed by atoms with E-state index in [-0.39, 0.29) is 5.91 Å². The number of imidazole rings is 1. The normalized spacial score (nSPS) is 11.3. The van der Waals surface area contributed by atoms with Gasteiger partial charge in [-0.25, -0.2) is 4.98 Å². The molecule has 2 aromatic heterocycles. The van der Waals surface area contributed by atoms with Crippen molar-refractivity contribution in [1.82, 2.24) is 9.38 Å². The molecule has 0 radical (unpaired) electrons. The van der Waals surface area contributed by atoms with Gasteiger partial charge in [-0.1, -0.05) is 42.0 Å². The van der Waals surface area contributed by atoms with Gasteiger partial charge in [0.05, 0.1) is 11.4 Å². The predicted octanol–water partition coefficient (Wildman–Crippen LogP) is 5.89. The molecule has 4 nitrogen and oxygen atoms in total. The van der Waals surface area contributed by atoms with Gasteiger partial charge in [-0.3, -0.25) is 9.20 Å². The molecule has 0 aliphatic carbocycles. The summed E-state index contributed by atoms with van der Waals surface area (Å²) in [6.07, 6.45) is 5.41. The molecule has 30 heavy (non-hydrogen) atoms. The minimum absolute atomic E-state index is 0.166. The van der Waals surface area contributed by atoms with Crippen LogP contribution in [0.4, 0.5) is 5.69 Å². The van der Waals surface area contributed by atoms with Crippen LogP contribution in [0.5, 0.6) is 0 Å². The summed E-state index contributed by atoms with van der Waals surface area (Å²) in [5.41, 5.74) is 9.02. The molecule has 4 heteroatoms. The first-order valence-electron chi connectivity index (χ1n) is 10.0. The van der Waals surface area contributed by atoms with E-state index in [0.29, 0.717) is 0 Å². The van der Waals surface area contributed by atoms with E-state index in [1.807, 2.05) is 67.8 Å². The van der Waals surface area contributed by atoms with Crippen LogP contribution >= 0.6 is 0 Å². The molecule has 0 atom stereocenters. The summed E-state index contributed by atoms with van der Waals surface area (Å²) in [4.78, 5) is 17.5. The summed E-state index contributed by atoms with van der Waals surface area (Å²) < 4.78 is 2.02. The third-order valence-electron chi connectivity index (χ3n) is 5.40. The molecule has 0 aliphatic rings. The van der Waals surface area contributed by atoms with Gasteiger partial charge in [0, 0.05) is 23.5 Å². The van der Waals surface area contributed by atoms with E-state index in [2.05, 4.69) is 36.5 Å². The molecule has 2 aromatic carbocycles. The Morgan fingerprint density at radius 3 is 2.50 bits per heavy atom. The molecular weight excluding hydrogens is 370 g/mol. The van der Waals surface area contributed by atoms with Crippen molar-refractivity contribution in [3.63, 3.8) is 0 Å². The number of pyridine rings is 1. The third kappa shape index (κ3) is 3.90. The standard InChI is InChI=1S/C26H25N3O/c1-17-8-10-21(11-9-17)26-23(29-15-14-18(2)16-24(29)28-26)12-13-25(30)27-22-7-5-6-19(3)20(22)4/h5-16H,1-4H3,(H,27,30)/b13-12+. The predicted molar refractivity (Wildman–Crippen MR) is 124 cm³/mol. The number of amides is 1. The zero-order valence-electron chi connectivity index (χ0n) is 17.7. The first-order chi connectivity index (χ1) is 14.4. The van der Waals surface area contributed by atoms with Crippen molar-refractivity contribution in [2.75, 3.05) is 5.32 Å². The summed E-state index contributed by atoms with van der Waals surface area (Å²) >= 11 is 0. The minimum atomic E-state index is -0.166. The highest BCUT2D eigenvalue weighted by Gasteiger charge is 2.13. The number of nitrogens with one attached hydrogen (secondary N) is 1. The van der Waals surface area contributed by atoms with Crippen LogP contribution in [0.3, 0.4) is 0 Å². The van der Waals surface area contributed by atoms with Crippen LogP contribution in [0, 0.1) is 27.7 Å². The van der Waals surface area contributed by atoms with E-state index in [1.54, 1.807) is 6.08 Å². The largest absolute Gasteiger partial charge is 0.322 e. The molecular formula is C26H25N3O. The summed E-state index contributed by atoms with van der Waals surface area (Å²) in [6.45, 7) is 8.16. The zero-order chi connectivity index (χ0) is 21.3. The summed E-state index contributed by atoms with van der Waals surface area (Å²) in [5, 5.41) is 2.98. The SMILES string of the molecule is Cc1ccc(-c2nc3cc(C)ccn3c2/C=C/C(=O)Nc2cccc(C)c2C)cc1. The van der Waals surface area contributed by atoms with E-state index in [4.69, 9.17) is 4.98 Å². The molecule has 1 N–H and O–H groups in total. The number of hydrogen-bond donors (Lipinski definition) is 1. The highest BCUT2D eigenvalue weighted by atomic mass is 16.1. The Morgan fingerprint density at radius 1 is 0.967 bits per heavy atom. The number of aromatic nitrogens is 2. The van der Waals surface area contributed by atoms with Crippen LogP contribution in [0.15, 0.2) is 66.9 Å².